The number of thioether (sulfide) groups is 1. The Morgan fingerprint density at radius 3 is 2.62 bits per heavy atom. The maximum Gasteiger partial charge on any atom is 0.141 e. The van der Waals surface area contributed by atoms with Gasteiger partial charge in [-0.1, -0.05) is 0 Å². The quantitative estimate of drug-likeness (QED) is 0.657. The van der Waals surface area contributed by atoms with Crippen molar-refractivity contribution in [2.75, 3.05) is 18.1 Å². The Morgan fingerprint density at radius 1 is 1.38 bits per heavy atom. The van der Waals surface area contributed by atoms with Gasteiger partial charge in [0, 0.05) is 18.0 Å². The van der Waals surface area contributed by atoms with Crippen LogP contribution in [0.4, 0.5) is 14.5 Å². The third-order valence-electron chi connectivity index (χ3n) is 2.46. The Balaban J connectivity index is 2.03. The average molecular weight is 245 g/mol. The lowest BCUT2D eigenvalue weighted by atomic mass is 10.3. The molecule has 0 radical (unpaired) electrons. The Kier molecular flexibility index (Phi) is 3.66. The highest BCUT2D eigenvalue weighted by molar-refractivity contribution is 7.99. The maximum atomic E-state index is 13.4. The maximum absolute atomic E-state index is 13.4. The fraction of sp³-hybridized carbons (Fsp3) is 0.455. The summed E-state index contributed by atoms with van der Waals surface area (Å²) in [5.41, 5.74) is 5.44. The molecule has 1 heterocycles. The molecule has 2 nitrogen and oxygen atoms in total. The standard InChI is InChI=1S/C11H13F2NOS/c12-9-4-7(14)5-10(13)11(9)16-6-8-2-1-3-15-8/h4-5,8H,1-3,6,14H2. The SMILES string of the molecule is Nc1cc(F)c(SCC2CCCO2)c(F)c1. The molecule has 2 rings (SSSR count). The van der Waals surface area contributed by atoms with Gasteiger partial charge in [-0.25, -0.2) is 8.78 Å². The largest absolute Gasteiger partial charge is 0.399 e. The van der Waals surface area contributed by atoms with Crippen molar-refractivity contribution in [3.63, 3.8) is 0 Å². The predicted molar refractivity (Wildman–Crippen MR) is 60.5 cm³/mol. The number of rotatable bonds is 3. The van der Waals surface area contributed by atoms with E-state index in [9.17, 15) is 8.78 Å². The van der Waals surface area contributed by atoms with Gasteiger partial charge in [-0.3, -0.25) is 0 Å². The van der Waals surface area contributed by atoms with Gasteiger partial charge < -0.3 is 10.5 Å². The summed E-state index contributed by atoms with van der Waals surface area (Å²) in [6, 6.07) is 2.28. The highest BCUT2D eigenvalue weighted by Gasteiger charge is 2.18. The van der Waals surface area contributed by atoms with Crippen LogP contribution in [0.1, 0.15) is 12.8 Å². The number of benzene rings is 1. The lowest BCUT2D eigenvalue weighted by Crippen LogP contribution is -2.08. The van der Waals surface area contributed by atoms with E-state index in [1.165, 1.54) is 0 Å². The summed E-state index contributed by atoms with van der Waals surface area (Å²) < 4.78 is 32.2. The van der Waals surface area contributed by atoms with Gasteiger partial charge in [0.05, 0.1) is 11.0 Å². The van der Waals surface area contributed by atoms with Crippen LogP contribution < -0.4 is 5.73 Å². The first kappa shape index (κ1) is 11.7. The summed E-state index contributed by atoms with van der Waals surface area (Å²) in [6.07, 6.45) is 2.10. The molecule has 1 aliphatic rings. The molecule has 1 aromatic rings. The number of ether oxygens (including phenoxy) is 1. The average Bonchev–Trinajstić information content (AvgIpc) is 2.68. The van der Waals surface area contributed by atoms with Crippen LogP contribution in [0.2, 0.25) is 0 Å². The molecule has 88 valence electrons. The topological polar surface area (TPSA) is 35.2 Å². The molecule has 1 unspecified atom stereocenters. The van der Waals surface area contributed by atoms with Crippen LogP contribution in [-0.4, -0.2) is 18.5 Å². The summed E-state index contributed by atoms with van der Waals surface area (Å²) in [5, 5.41) is 0. The normalized spacial score (nSPS) is 20.2. The van der Waals surface area contributed by atoms with Crippen molar-refractivity contribution in [2.45, 2.75) is 23.8 Å². The lowest BCUT2D eigenvalue weighted by Gasteiger charge is -2.10. The van der Waals surface area contributed by atoms with Crippen LogP contribution in [0.3, 0.4) is 0 Å². The summed E-state index contributed by atoms with van der Waals surface area (Å²) in [7, 11) is 0. The van der Waals surface area contributed by atoms with Gasteiger partial charge in [0.1, 0.15) is 11.6 Å². The summed E-state index contributed by atoms with van der Waals surface area (Å²) in [5.74, 6) is -0.612. The third kappa shape index (κ3) is 2.65. The highest BCUT2D eigenvalue weighted by atomic mass is 32.2. The number of nitrogens with two attached hydrogens (primary N) is 1. The van der Waals surface area contributed by atoms with Crippen molar-refractivity contribution in [2.24, 2.45) is 0 Å². The van der Waals surface area contributed by atoms with Gasteiger partial charge >= 0.3 is 0 Å². The van der Waals surface area contributed by atoms with E-state index in [1.54, 1.807) is 0 Å². The molecule has 0 aromatic heterocycles. The van der Waals surface area contributed by atoms with Gasteiger partial charge in [-0.2, -0.15) is 0 Å². The molecule has 5 heteroatoms. The minimum Gasteiger partial charge on any atom is -0.399 e. The zero-order valence-corrected chi connectivity index (χ0v) is 9.53. The van der Waals surface area contributed by atoms with Crippen LogP contribution in [0.5, 0.6) is 0 Å². The minimum absolute atomic E-state index is 0.0321. The van der Waals surface area contributed by atoms with E-state index in [1.807, 2.05) is 0 Å². The van der Waals surface area contributed by atoms with Gasteiger partial charge in [0.2, 0.25) is 0 Å². The molecule has 2 N–H and O–H groups in total. The second-order valence-electron chi connectivity index (χ2n) is 3.76. The zero-order chi connectivity index (χ0) is 11.5. The molecule has 0 spiro atoms. The molecule has 1 aliphatic heterocycles. The Hall–Kier alpha value is -0.810. The number of halogens is 2. The van der Waals surface area contributed by atoms with E-state index in [0.717, 1.165) is 43.3 Å². The molecule has 1 atom stereocenters. The number of nitrogen functional groups attached to an aromatic ring is 1. The smallest absolute Gasteiger partial charge is 0.141 e. The van der Waals surface area contributed by atoms with E-state index in [4.69, 9.17) is 10.5 Å². The Bertz CT molecular complexity index is 357. The fourth-order valence-electron chi connectivity index (χ4n) is 1.67. The second-order valence-corrected chi connectivity index (χ2v) is 4.79. The minimum atomic E-state index is -0.597. The Labute approximate surface area is 97.2 Å². The van der Waals surface area contributed by atoms with E-state index >= 15 is 0 Å². The van der Waals surface area contributed by atoms with Crippen molar-refractivity contribution in [3.05, 3.63) is 23.8 Å². The van der Waals surface area contributed by atoms with Gasteiger partial charge in [-0.05, 0) is 25.0 Å². The van der Waals surface area contributed by atoms with Crippen molar-refractivity contribution >= 4 is 17.4 Å². The van der Waals surface area contributed by atoms with Crippen molar-refractivity contribution in [1.29, 1.82) is 0 Å². The zero-order valence-electron chi connectivity index (χ0n) is 8.71. The Morgan fingerprint density at radius 2 is 2.06 bits per heavy atom. The van der Waals surface area contributed by atoms with Crippen LogP contribution in [0.25, 0.3) is 0 Å². The van der Waals surface area contributed by atoms with Crippen molar-refractivity contribution in [3.8, 4) is 0 Å². The fourth-order valence-corrected chi connectivity index (χ4v) is 2.68. The summed E-state index contributed by atoms with van der Waals surface area (Å²) >= 11 is 1.15. The van der Waals surface area contributed by atoms with Crippen LogP contribution in [0.15, 0.2) is 17.0 Å². The first-order valence-corrected chi connectivity index (χ1v) is 6.14. The van der Waals surface area contributed by atoms with Crippen molar-refractivity contribution in [1.82, 2.24) is 0 Å². The number of hydrogen-bond acceptors (Lipinski definition) is 3. The summed E-state index contributed by atoms with van der Waals surface area (Å²) in [4.78, 5) is 0.0321. The van der Waals surface area contributed by atoms with Crippen LogP contribution in [-0.2, 0) is 4.74 Å². The third-order valence-corrected chi connectivity index (χ3v) is 3.68. The molecule has 16 heavy (non-hydrogen) atoms. The molecule has 1 fully saturated rings. The summed E-state index contributed by atoms with van der Waals surface area (Å²) in [6.45, 7) is 0.748. The number of hydrogen-bond donors (Lipinski definition) is 1. The molecule has 0 bridgehead atoms. The lowest BCUT2D eigenvalue weighted by molar-refractivity contribution is 0.129. The van der Waals surface area contributed by atoms with Crippen LogP contribution in [0, 0.1) is 11.6 Å². The van der Waals surface area contributed by atoms with Gasteiger partial charge in [0.15, 0.2) is 0 Å². The molecular weight excluding hydrogens is 232 g/mol. The van der Waals surface area contributed by atoms with Gasteiger partial charge in [0.25, 0.3) is 0 Å². The van der Waals surface area contributed by atoms with E-state index in [2.05, 4.69) is 0 Å². The monoisotopic (exact) mass is 245 g/mol. The first-order valence-electron chi connectivity index (χ1n) is 5.16. The first-order chi connectivity index (χ1) is 7.66. The molecule has 1 saturated heterocycles. The van der Waals surface area contributed by atoms with E-state index in [-0.39, 0.29) is 16.7 Å². The molecular formula is C11H13F2NOS. The number of anilines is 1. The molecule has 0 amide bonds. The predicted octanol–water partition coefficient (Wildman–Crippen LogP) is 2.82. The molecule has 0 saturated carbocycles. The molecule has 1 aromatic carbocycles. The molecule has 0 aliphatic carbocycles. The van der Waals surface area contributed by atoms with E-state index < -0.39 is 11.6 Å². The van der Waals surface area contributed by atoms with Gasteiger partial charge in [-0.15, -0.1) is 11.8 Å². The highest BCUT2D eigenvalue weighted by Crippen LogP contribution is 2.29. The van der Waals surface area contributed by atoms with Crippen molar-refractivity contribution < 1.29 is 13.5 Å². The van der Waals surface area contributed by atoms with E-state index in [0.29, 0.717) is 5.75 Å². The van der Waals surface area contributed by atoms with Crippen LogP contribution >= 0.6 is 11.8 Å². The second kappa shape index (κ2) is 5.01.